The molecule has 0 aliphatic rings. The molecule has 0 atom stereocenters. The summed E-state index contributed by atoms with van der Waals surface area (Å²) in [5.74, 6) is -0.0228. The number of amides is 2. The van der Waals surface area contributed by atoms with Gasteiger partial charge in [0.2, 0.25) is 12.3 Å². The lowest BCUT2D eigenvalue weighted by molar-refractivity contribution is -0.121. The van der Waals surface area contributed by atoms with E-state index in [4.69, 9.17) is 0 Å². The van der Waals surface area contributed by atoms with E-state index in [0.29, 0.717) is 38.8 Å². The average molecular weight is 491 g/mol. The second-order valence-electron chi connectivity index (χ2n) is 7.54. The normalized spacial score (nSPS) is 12.9. The topological polar surface area (TPSA) is 58.2 Å². The van der Waals surface area contributed by atoms with Crippen molar-refractivity contribution < 1.29 is 9.59 Å². The van der Waals surface area contributed by atoms with E-state index < -0.39 is 4.08 Å². The van der Waals surface area contributed by atoms with E-state index in [1.54, 1.807) is 0 Å². The minimum atomic E-state index is -0.639. The van der Waals surface area contributed by atoms with Gasteiger partial charge in [0.25, 0.3) is 0 Å². The third kappa shape index (κ3) is 24.6. The number of allylic oxidation sites excluding steroid dienone is 12. The molecule has 184 valence electrons. The summed E-state index contributed by atoms with van der Waals surface area (Å²) in [5.41, 5.74) is 0. The summed E-state index contributed by atoms with van der Waals surface area (Å²) in [6.45, 7) is 2.97. The van der Waals surface area contributed by atoms with Crippen LogP contribution in [0, 0.1) is 0 Å². The highest BCUT2D eigenvalue weighted by Gasteiger charge is 2.20. The predicted octanol–water partition coefficient (Wildman–Crippen LogP) is 6.27. The number of nitrogens with one attached hydrogen (secondary N) is 2. The lowest BCUT2D eigenvalue weighted by atomic mass is 10.2. The maximum absolute atomic E-state index is 11.9. The van der Waals surface area contributed by atoms with Crippen molar-refractivity contribution >= 4 is 37.6 Å². The molecule has 0 aliphatic carbocycles. The summed E-state index contributed by atoms with van der Waals surface area (Å²) >= 11 is 8.81. The Morgan fingerprint density at radius 2 is 1.21 bits per heavy atom. The molecule has 0 aromatic rings. The molecule has 0 fully saturated rings. The van der Waals surface area contributed by atoms with Gasteiger partial charge in [-0.2, -0.15) is 25.3 Å². The van der Waals surface area contributed by atoms with Crippen molar-refractivity contribution in [2.45, 2.75) is 68.8 Å². The Morgan fingerprint density at radius 3 is 1.67 bits per heavy atom. The number of rotatable bonds is 20. The van der Waals surface area contributed by atoms with Gasteiger partial charge in [-0.3, -0.25) is 9.59 Å². The van der Waals surface area contributed by atoms with Crippen molar-refractivity contribution in [3.8, 4) is 0 Å². The zero-order valence-corrected chi connectivity index (χ0v) is 21.8. The number of carbonyl (C=O) groups excluding carboxylic acids is 2. The molecule has 0 aromatic heterocycles. The molecule has 0 spiro atoms. The predicted molar refractivity (Wildman–Crippen MR) is 150 cm³/mol. The Bertz CT molecular complexity index is 678. The van der Waals surface area contributed by atoms with E-state index in [0.717, 1.165) is 38.5 Å². The van der Waals surface area contributed by atoms with Crippen LogP contribution in [0.15, 0.2) is 72.9 Å². The van der Waals surface area contributed by atoms with Gasteiger partial charge in [-0.1, -0.05) is 79.8 Å². The van der Waals surface area contributed by atoms with Crippen molar-refractivity contribution in [2.75, 3.05) is 13.1 Å². The monoisotopic (exact) mass is 490 g/mol. The summed E-state index contributed by atoms with van der Waals surface area (Å²) in [5, 5.41) is 5.40. The van der Waals surface area contributed by atoms with Gasteiger partial charge in [0.1, 0.15) is 0 Å². The third-order valence-electron chi connectivity index (χ3n) is 4.46. The second kappa shape index (κ2) is 23.2. The zero-order chi connectivity index (χ0) is 24.5. The second-order valence-corrected chi connectivity index (χ2v) is 9.60. The highest BCUT2D eigenvalue weighted by molar-refractivity contribution is 8.00. The summed E-state index contributed by atoms with van der Waals surface area (Å²) in [4.78, 5) is 22.1. The van der Waals surface area contributed by atoms with Crippen molar-refractivity contribution in [3.63, 3.8) is 0 Å². The summed E-state index contributed by atoms with van der Waals surface area (Å²) in [6, 6.07) is 0. The molecule has 0 heterocycles. The molecule has 2 N–H and O–H groups in total. The molecule has 0 bridgehead atoms. The Hall–Kier alpha value is -1.92. The first kappa shape index (κ1) is 31.1. The molecule has 4 nitrogen and oxygen atoms in total. The molecule has 0 saturated heterocycles. The fourth-order valence-corrected chi connectivity index (χ4v) is 2.98. The number of hydrogen-bond donors (Lipinski definition) is 4. The van der Waals surface area contributed by atoms with Crippen molar-refractivity contribution in [2.24, 2.45) is 0 Å². The number of thiol groups is 2. The first-order valence-electron chi connectivity index (χ1n) is 11.8. The minimum Gasteiger partial charge on any atom is -0.359 e. The fraction of sp³-hybridized carbons (Fsp3) is 0.481. The first-order valence-corrected chi connectivity index (χ1v) is 12.7. The molecule has 0 radical (unpaired) electrons. The van der Waals surface area contributed by atoms with Crippen LogP contribution in [0.5, 0.6) is 0 Å². The highest BCUT2D eigenvalue weighted by Crippen LogP contribution is 2.22. The Morgan fingerprint density at radius 1 is 0.758 bits per heavy atom. The SMILES string of the molecule is CC/C=C\C/C=C\C/C=C\C/C=C\C/C=C\C/C=C\CCC(=O)NCC(S)(S)CCNC=O. The van der Waals surface area contributed by atoms with Crippen LogP contribution >= 0.6 is 25.3 Å². The maximum Gasteiger partial charge on any atom is 0.220 e. The van der Waals surface area contributed by atoms with Crippen LogP contribution in [0.25, 0.3) is 0 Å². The molecular weight excluding hydrogens is 448 g/mol. The molecule has 0 rings (SSSR count). The highest BCUT2D eigenvalue weighted by atomic mass is 32.2. The third-order valence-corrected chi connectivity index (χ3v) is 5.22. The van der Waals surface area contributed by atoms with E-state index >= 15 is 0 Å². The zero-order valence-electron chi connectivity index (χ0n) is 20.0. The summed E-state index contributed by atoms with van der Waals surface area (Å²) in [7, 11) is 0. The van der Waals surface area contributed by atoms with Gasteiger partial charge >= 0.3 is 0 Å². The average Bonchev–Trinajstić information content (AvgIpc) is 2.79. The van der Waals surface area contributed by atoms with Crippen LogP contribution in [0.2, 0.25) is 0 Å². The number of hydrogen-bond acceptors (Lipinski definition) is 4. The van der Waals surface area contributed by atoms with Crippen LogP contribution < -0.4 is 10.6 Å². The Balaban J connectivity index is 3.71. The van der Waals surface area contributed by atoms with Crippen LogP contribution in [0.1, 0.15) is 64.7 Å². The summed E-state index contributed by atoms with van der Waals surface area (Å²) < 4.78 is -0.639. The Labute approximate surface area is 212 Å². The van der Waals surface area contributed by atoms with Crippen LogP contribution in [0.3, 0.4) is 0 Å². The maximum atomic E-state index is 11.9. The fourth-order valence-electron chi connectivity index (χ4n) is 2.60. The van der Waals surface area contributed by atoms with Crippen LogP contribution in [0.4, 0.5) is 0 Å². The van der Waals surface area contributed by atoms with Gasteiger partial charge in [0, 0.05) is 19.5 Å². The van der Waals surface area contributed by atoms with Gasteiger partial charge in [0.15, 0.2) is 0 Å². The lowest BCUT2D eigenvalue weighted by Gasteiger charge is -2.22. The molecule has 6 heteroatoms. The Kier molecular flexibility index (Phi) is 21.9. The minimum absolute atomic E-state index is 0.0228. The smallest absolute Gasteiger partial charge is 0.220 e. The van der Waals surface area contributed by atoms with Crippen LogP contribution in [-0.2, 0) is 9.59 Å². The lowest BCUT2D eigenvalue weighted by Crippen LogP contribution is -2.37. The molecule has 2 amide bonds. The number of carbonyl (C=O) groups is 2. The molecule has 0 saturated carbocycles. The van der Waals surface area contributed by atoms with E-state index in [2.05, 4.69) is 110 Å². The molecular formula is C27H42N2O2S2. The van der Waals surface area contributed by atoms with E-state index in [-0.39, 0.29) is 5.91 Å². The molecule has 0 unspecified atom stereocenters. The summed E-state index contributed by atoms with van der Waals surface area (Å²) in [6.07, 6.45) is 34.2. The molecule has 0 aromatic carbocycles. The molecule has 33 heavy (non-hydrogen) atoms. The van der Waals surface area contributed by atoms with E-state index in [1.165, 1.54) is 0 Å². The van der Waals surface area contributed by atoms with Gasteiger partial charge in [-0.25, -0.2) is 0 Å². The molecule has 0 aliphatic heterocycles. The first-order chi connectivity index (χ1) is 16.0. The van der Waals surface area contributed by atoms with Crippen molar-refractivity contribution in [3.05, 3.63) is 72.9 Å². The van der Waals surface area contributed by atoms with Crippen molar-refractivity contribution in [1.29, 1.82) is 0 Å². The standard InChI is InChI=1S/C27H42N2O2S2/c1-2-3-4-5-6-7-8-9-10-11-12-13-14-15-16-17-18-19-20-21-26(31)29-24-27(32,33)22-23-28-25-30/h3-4,6-7,9-10,12-13,15-16,18-19,25,32-33H,2,5,8,11,14,17,20-24H2,1H3,(H,28,30)(H,29,31)/b4-3-,7-6-,10-9-,13-12-,16-15-,19-18-. The van der Waals surface area contributed by atoms with Gasteiger partial charge in [-0.15, -0.1) is 0 Å². The van der Waals surface area contributed by atoms with Crippen LogP contribution in [-0.4, -0.2) is 29.5 Å². The van der Waals surface area contributed by atoms with E-state index in [1.807, 2.05) is 6.08 Å². The van der Waals surface area contributed by atoms with E-state index in [9.17, 15) is 9.59 Å². The van der Waals surface area contributed by atoms with Crippen molar-refractivity contribution in [1.82, 2.24) is 10.6 Å². The van der Waals surface area contributed by atoms with Gasteiger partial charge in [-0.05, 0) is 51.4 Å². The quantitative estimate of drug-likeness (QED) is 0.0534. The van der Waals surface area contributed by atoms with Gasteiger partial charge in [0.05, 0.1) is 4.08 Å². The largest absolute Gasteiger partial charge is 0.359 e. The van der Waals surface area contributed by atoms with Gasteiger partial charge < -0.3 is 10.6 Å².